The molecular weight excluding hydrogens is 727 g/mol. The molecule has 3 unspecified atom stereocenters. The highest BCUT2D eigenvalue weighted by molar-refractivity contribution is 6.51. The van der Waals surface area contributed by atoms with Gasteiger partial charge in [0.15, 0.2) is 24.6 Å². The molecule has 0 spiro atoms. The van der Waals surface area contributed by atoms with Crippen molar-refractivity contribution in [3.8, 4) is 0 Å². The molecule has 5 aliphatic rings. The van der Waals surface area contributed by atoms with Crippen molar-refractivity contribution in [1.29, 1.82) is 0 Å². The van der Waals surface area contributed by atoms with E-state index in [0.29, 0.717) is 6.54 Å². The van der Waals surface area contributed by atoms with Crippen LogP contribution in [-0.2, 0) is 60.4 Å². The van der Waals surface area contributed by atoms with E-state index < -0.39 is 54.6 Å². The largest absolute Gasteiger partial charge is 0.463 e. The number of hydrogen-bond donors (Lipinski definition) is 0. The van der Waals surface area contributed by atoms with Gasteiger partial charge in [-0.25, -0.2) is 0 Å². The van der Waals surface area contributed by atoms with Crippen LogP contribution in [0.1, 0.15) is 68.0 Å². The third-order valence-corrected chi connectivity index (χ3v) is 13.1. The fraction of sp³-hybridized carbons (Fsp3) is 0.348. The summed E-state index contributed by atoms with van der Waals surface area (Å²) in [6.45, 7) is 5.17. The number of ether oxygens (including phenoxy) is 6. The maximum absolute atomic E-state index is 12.5. The second kappa shape index (κ2) is 11.4. The quantitative estimate of drug-likeness (QED) is 0.0847. The lowest BCUT2D eigenvalue weighted by molar-refractivity contribution is -0.307. The number of rotatable bonds is 9. The van der Waals surface area contributed by atoms with Crippen LogP contribution in [0.5, 0.6) is 0 Å². The Morgan fingerprint density at radius 3 is 2.04 bits per heavy atom. The molecule has 0 saturated carbocycles. The third-order valence-electron chi connectivity index (χ3n) is 13.1. The van der Waals surface area contributed by atoms with Crippen molar-refractivity contribution in [2.24, 2.45) is 0 Å². The maximum Gasteiger partial charge on any atom is 0.303 e. The second-order valence-corrected chi connectivity index (χ2v) is 16.3. The van der Waals surface area contributed by atoms with Crippen LogP contribution in [-0.4, -0.2) is 74.3 Å². The molecule has 12 rings (SSSR count). The molecule has 0 bridgehead atoms. The number of hydrogen-bond acceptors (Lipinski definition) is 11. The standard InChI is InChI=1S/C46H37NO10/c1-18(48)53-17-30-43(54-19(2)49)44(55-20(3)50)45(56-21(4)51)46(57-30)52-12-11-47-28-9-7-24-15-26-13-22-5-6-23-14-27-16-25-8-10-29(47)38-32(25)36(27)40-34(23)33(22)39-35(26)31(24)37(28)41(38)42(39)40/h5-9,13-14,29-30,43-46H,10-12,15-17H2,1-4H3/t29?,30?,43-,44+,45?,46-/m1/s1. The summed E-state index contributed by atoms with van der Waals surface area (Å²) in [5.74, 6) is -2.62. The number of nitrogens with zero attached hydrogens (tertiary/aromatic N) is 1. The molecule has 1 saturated heterocycles. The lowest BCUT2D eigenvalue weighted by Crippen LogP contribution is -2.63. The minimum Gasteiger partial charge on any atom is -0.463 e. The summed E-state index contributed by atoms with van der Waals surface area (Å²) in [4.78, 5) is 51.5. The summed E-state index contributed by atoms with van der Waals surface area (Å²) < 4.78 is 35.0. The summed E-state index contributed by atoms with van der Waals surface area (Å²) in [6.07, 6.45) is -1.05. The van der Waals surface area contributed by atoms with E-state index in [4.69, 9.17) is 28.4 Å². The second-order valence-electron chi connectivity index (χ2n) is 16.3. The fourth-order valence-corrected chi connectivity index (χ4v) is 11.5. The lowest BCUT2D eigenvalue weighted by atomic mass is 9.77. The van der Waals surface area contributed by atoms with E-state index in [9.17, 15) is 19.2 Å². The number of allylic oxidation sites excluding steroid dienone is 1. The monoisotopic (exact) mass is 763 g/mol. The molecular formula is C46H37NO10. The van der Waals surface area contributed by atoms with E-state index >= 15 is 0 Å². The first-order valence-electron chi connectivity index (χ1n) is 19.7. The van der Waals surface area contributed by atoms with Gasteiger partial charge in [-0.15, -0.1) is 0 Å². The lowest BCUT2D eigenvalue weighted by Gasteiger charge is -2.45. The van der Waals surface area contributed by atoms with Crippen molar-refractivity contribution in [3.63, 3.8) is 0 Å². The van der Waals surface area contributed by atoms with Gasteiger partial charge in [-0.1, -0.05) is 36.4 Å². The van der Waals surface area contributed by atoms with Gasteiger partial charge < -0.3 is 33.3 Å². The van der Waals surface area contributed by atoms with Crippen molar-refractivity contribution in [2.45, 2.75) is 83.7 Å². The Labute approximate surface area is 325 Å². The Bertz CT molecular complexity index is 3000. The average molecular weight is 764 g/mol. The molecule has 2 aliphatic heterocycles. The molecule has 57 heavy (non-hydrogen) atoms. The normalized spacial score (nSPS) is 24.1. The Morgan fingerprint density at radius 1 is 0.667 bits per heavy atom. The highest BCUT2D eigenvalue weighted by Gasteiger charge is 2.53. The number of carbonyl (C=O) groups is 4. The van der Waals surface area contributed by atoms with Gasteiger partial charge >= 0.3 is 23.9 Å². The fourth-order valence-electron chi connectivity index (χ4n) is 11.5. The van der Waals surface area contributed by atoms with Crippen molar-refractivity contribution in [2.75, 3.05) is 24.7 Å². The Balaban J connectivity index is 0.980. The predicted molar refractivity (Wildman–Crippen MR) is 212 cm³/mol. The Hall–Kier alpha value is -5.78. The zero-order valence-electron chi connectivity index (χ0n) is 31.8. The van der Waals surface area contributed by atoms with E-state index in [0.717, 1.165) is 24.9 Å². The molecule has 7 aromatic carbocycles. The number of esters is 4. The molecule has 1 fully saturated rings. The Morgan fingerprint density at radius 2 is 1.32 bits per heavy atom. The molecule has 11 nitrogen and oxygen atoms in total. The predicted octanol–water partition coefficient (Wildman–Crippen LogP) is 7.13. The molecule has 7 aromatic rings. The van der Waals surface area contributed by atoms with Crippen LogP contribution in [0.3, 0.4) is 0 Å². The smallest absolute Gasteiger partial charge is 0.303 e. The van der Waals surface area contributed by atoms with E-state index in [1.807, 2.05) is 0 Å². The zero-order chi connectivity index (χ0) is 38.8. The van der Waals surface area contributed by atoms with E-state index in [1.165, 1.54) is 126 Å². The van der Waals surface area contributed by atoms with Gasteiger partial charge in [0.05, 0.1) is 12.6 Å². The molecule has 0 N–H and O–H groups in total. The van der Waals surface area contributed by atoms with Crippen LogP contribution >= 0.6 is 0 Å². The van der Waals surface area contributed by atoms with Crippen LogP contribution in [0.25, 0.3) is 70.2 Å². The van der Waals surface area contributed by atoms with Gasteiger partial charge in [-0.3, -0.25) is 19.2 Å². The molecule has 0 amide bonds. The third kappa shape index (κ3) is 4.33. The summed E-state index contributed by atoms with van der Waals surface area (Å²) in [7, 11) is 0. The highest BCUT2D eigenvalue weighted by Crippen LogP contribution is 2.63. The van der Waals surface area contributed by atoms with Gasteiger partial charge in [0.1, 0.15) is 12.7 Å². The average Bonchev–Trinajstić information content (AvgIpc) is 3.84. The van der Waals surface area contributed by atoms with Crippen molar-refractivity contribution in [1.82, 2.24) is 0 Å². The highest BCUT2D eigenvalue weighted by atomic mass is 16.7. The SMILES string of the molecule is CC(=O)OCC1O[C@@H](OCCN2c3ccc4c5c3c3c6c7c8c(cc9ccc%10cc(c5c5c%10c9c8c35)C4)CC7=CCC62)C(OC(C)=O)[C@@H](OC(C)=O)[C@@H]1OC(C)=O. The first-order valence-corrected chi connectivity index (χ1v) is 19.7. The van der Waals surface area contributed by atoms with E-state index in [1.54, 1.807) is 0 Å². The Kier molecular flexibility index (Phi) is 6.68. The summed E-state index contributed by atoms with van der Waals surface area (Å²) in [5.41, 5.74) is 9.54. The number of anilines is 1. The first-order chi connectivity index (χ1) is 27.6. The first kappa shape index (κ1) is 33.4. The van der Waals surface area contributed by atoms with Crippen molar-refractivity contribution < 1.29 is 47.6 Å². The van der Waals surface area contributed by atoms with E-state index in [2.05, 4.69) is 47.4 Å². The molecule has 0 radical (unpaired) electrons. The zero-order valence-corrected chi connectivity index (χ0v) is 31.8. The van der Waals surface area contributed by atoms with Crippen molar-refractivity contribution >= 4 is 99.8 Å². The summed E-state index contributed by atoms with van der Waals surface area (Å²) >= 11 is 0. The summed E-state index contributed by atoms with van der Waals surface area (Å²) in [5, 5.41) is 16.6. The molecule has 3 aliphatic carbocycles. The minimum absolute atomic E-state index is 0.0518. The molecule has 2 heterocycles. The van der Waals surface area contributed by atoms with Gasteiger partial charge in [-0.2, -0.15) is 0 Å². The molecule has 11 heteroatoms. The van der Waals surface area contributed by atoms with Crippen LogP contribution in [0.4, 0.5) is 5.69 Å². The van der Waals surface area contributed by atoms with Crippen LogP contribution in [0, 0.1) is 0 Å². The molecule has 6 atom stereocenters. The van der Waals surface area contributed by atoms with Crippen molar-refractivity contribution in [3.05, 3.63) is 70.3 Å². The number of carbonyl (C=O) groups excluding carboxylic acids is 4. The van der Waals surface area contributed by atoms with E-state index in [-0.39, 0.29) is 19.3 Å². The van der Waals surface area contributed by atoms with Crippen LogP contribution < -0.4 is 4.90 Å². The van der Waals surface area contributed by atoms with Gasteiger partial charge in [-0.05, 0) is 118 Å². The van der Waals surface area contributed by atoms with Gasteiger partial charge in [0.25, 0.3) is 0 Å². The van der Waals surface area contributed by atoms with Crippen LogP contribution in [0.2, 0.25) is 0 Å². The van der Waals surface area contributed by atoms with Gasteiger partial charge in [0, 0.05) is 45.3 Å². The van der Waals surface area contributed by atoms with Gasteiger partial charge in [0.2, 0.25) is 0 Å². The summed E-state index contributed by atoms with van der Waals surface area (Å²) in [6, 6.07) is 14.1. The number of benzene rings is 6. The van der Waals surface area contributed by atoms with Crippen LogP contribution in [0.15, 0.2) is 42.5 Å². The minimum atomic E-state index is -1.30. The topological polar surface area (TPSA) is 127 Å². The molecule has 0 aromatic heterocycles. The maximum atomic E-state index is 12.5. The molecule has 286 valence electrons.